The summed E-state index contributed by atoms with van der Waals surface area (Å²) in [5.74, 6) is 2.68. The molecule has 0 aliphatic heterocycles. The van der Waals surface area contributed by atoms with Crippen LogP contribution in [0.3, 0.4) is 0 Å². The predicted molar refractivity (Wildman–Crippen MR) is 75.9 cm³/mol. The van der Waals surface area contributed by atoms with Crippen LogP contribution in [0, 0.1) is 5.92 Å². The van der Waals surface area contributed by atoms with Gasteiger partial charge in [-0.2, -0.15) is 0 Å². The molecule has 100 valence electrons. The highest BCUT2D eigenvalue weighted by molar-refractivity contribution is 5.38. The Morgan fingerprint density at radius 2 is 2.06 bits per heavy atom. The molecule has 1 heterocycles. The van der Waals surface area contributed by atoms with Crippen molar-refractivity contribution in [3.05, 3.63) is 17.6 Å². The molecule has 2 rings (SSSR count). The summed E-state index contributed by atoms with van der Waals surface area (Å²) < 4.78 is 0. The molecule has 3 nitrogen and oxygen atoms in total. The zero-order valence-electron chi connectivity index (χ0n) is 12.1. The lowest BCUT2D eigenvalue weighted by molar-refractivity contribution is 0.619. The third-order valence-corrected chi connectivity index (χ3v) is 3.49. The number of aromatic nitrogens is 2. The van der Waals surface area contributed by atoms with Crippen molar-refractivity contribution in [2.24, 2.45) is 5.92 Å². The van der Waals surface area contributed by atoms with E-state index in [9.17, 15) is 0 Å². The van der Waals surface area contributed by atoms with E-state index < -0.39 is 0 Å². The second-order valence-electron chi connectivity index (χ2n) is 6.15. The Bertz CT molecular complexity index is 408. The van der Waals surface area contributed by atoms with Crippen LogP contribution in [-0.4, -0.2) is 16.5 Å². The van der Waals surface area contributed by atoms with Crippen molar-refractivity contribution >= 4 is 5.82 Å². The molecule has 0 spiro atoms. The number of anilines is 1. The average molecular weight is 247 g/mol. The molecule has 0 radical (unpaired) electrons. The Hall–Kier alpha value is -1.12. The van der Waals surface area contributed by atoms with Crippen LogP contribution in [0.25, 0.3) is 0 Å². The lowest BCUT2D eigenvalue weighted by Gasteiger charge is -2.13. The Morgan fingerprint density at radius 3 is 2.61 bits per heavy atom. The van der Waals surface area contributed by atoms with E-state index in [2.05, 4.69) is 44.1 Å². The van der Waals surface area contributed by atoms with E-state index in [-0.39, 0.29) is 5.41 Å². The summed E-state index contributed by atoms with van der Waals surface area (Å²) in [6.45, 7) is 9.89. The predicted octanol–water partition coefficient (Wildman–Crippen LogP) is 3.55. The molecule has 1 N–H and O–H groups in total. The van der Waals surface area contributed by atoms with Gasteiger partial charge in [0.2, 0.25) is 0 Å². The summed E-state index contributed by atoms with van der Waals surface area (Å²) in [5, 5.41) is 3.40. The number of nitrogens with one attached hydrogen (secondary N) is 1. The van der Waals surface area contributed by atoms with Gasteiger partial charge in [0.25, 0.3) is 0 Å². The van der Waals surface area contributed by atoms with E-state index in [1.54, 1.807) is 0 Å². The van der Waals surface area contributed by atoms with E-state index in [1.807, 2.05) is 0 Å². The molecule has 1 fully saturated rings. The van der Waals surface area contributed by atoms with Crippen LogP contribution in [-0.2, 0) is 11.8 Å². The standard InChI is InChI=1S/C15H25N3/c1-5-8-16-13-10-12(9-11(2)3)17-14(18-13)15(4)6-7-15/h10-11H,5-9H2,1-4H3,(H,16,17,18). The molecule has 0 atom stereocenters. The third-order valence-electron chi connectivity index (χ3n) is 3.49. The first-order chi connectivity index (χ1) is 8.53. The topological polar surface area (TPSA) is 37.8 Å². The van der Waals surface area contributed by atoms with E-state index in [0.717, 1.165) is 31.0 Å². The number of hydrogen-bond acceptors (Lipinski definition) is 3. The molecule has 0 aromatic carbocycles. The summed E-state index contributed by atoms with van der Waals surface area (Å²) in [6.07, 6.45) is 4.61. The molecular formula is C15H25N3. The molecule has 3 heteroatoms. The van der Waals surface area contributed by atoms with Crippen molar-refractivity contribution in [2.75, 3.05) is 11.9 Å². The van der Waals surface area contributed by atoms with Crippen LogP contribution in [0.2, 0.25) is 0 Å². The molecule has 0 amide bonds. The van der Waals surface area contributed by atoms with Crippen molar-refractivity contribution in [1.82, 2.24) is 9.97 Å². The van der Waals surface area contributed by atoms with Crippen LogP contribution in [0.4, 0.5) is 5.82 Å². The van der Waals surface area contributed by atoms with Crippen molar-refractivity contribution in [1.29, 1.82) is 0 Å². The first kappa shape index (κ1) is 13.3. The van der Waals surface area contributed by atoms with Crippen LogP contribution in [0.1, 0.15) is 58.5 Å². The molecule has 0 unspecified atom stereocenters. The lowest BCUT2D eigenvalue weighted by atomic mass is 10.1. The molecule has 0 saturated heterocycles. The SMILES string of the molecule is CCCNc1cc(CC(C)C)nc(C2(C)CC2)n1. The summed E-state index contributed by atoms with van der Waals surface area (Å²) in [4.78, 5) is 9.45. The van der Waals surface area contributed by atoms with Gasteiger partial charge >= 0.3 is 0 Å². The van der Waals surface area contributed by atoms with E-state index in [4.69, 9.17) is 4.98 Å². The molecule has 1 saturated carbocycles. The van der Waals surface area contributed by atoms with Crippen LogP contribution < -0.4 is 5.32 Å². The van der Waals surface area contributed by atoms with Crippen LogP contribution >= 0.6 is 0 Å². The summed E-state index contributed by atoms with van der Waals surface area (Å²) >= 11 is 0. The summed E-state index contributed by atoms with van der Waals surface area (Å²) in [5.41, 5.74) is 1.43. The van der Waals surface area contributed by atoms with Crippen LogP contribution in [0.5, 0.6) is 0 Å². The fraction of sp³-hybridized carbons (Fsp3) is 0.733. The Morgan fingerprint density at radius 1 is 1.33 bits per heavy atom. The molecule has 18 heavy (non-hydrogen) atoms. The maximum absolute atomic E-state index is 4.76. The minimum absolute atomic E-state index is 0.246. The normalized spacial score (nSPS) is 16.9. The maximum atomic E-state index is 4.76. The molecule has 0 bridgehead atoms. The van der Waals surface area contributed by atoms with Gasteiger partial charge in [0.15, 0.2) is 0 Å². The maximum Gasteiger partial charge on any atom is 0.136 e. The average Bonchev–Trinajstić information content (AvgIpc) is 3.05. The summed E-state index contributed by atoms with van der Waals surface area (Å²) in [7, 11) is 0. The van der Waals surface area contributed by atoms with Gasteiger partial charge in [0.05, 0.1) is 0 Å². The van der Waals surface area contributed by atoms with Gasteiger partial charge in [-0.1, -0.05) is 27.7 Å². The van der Waals surface area contributed by atoms with Crippen molar-refractivity contribution in [3.8, 4) is 0 Å². The fourth-order valence-electron chi connectivity index (χ4n) is 2.04. The van der Waals surface area contributed by atoms with E-state index >= 15 is 0 Å². The van der Waals surface area contributed by atoms with Gasteiger partial charge in [-0.3, -0.25) is 0 Å². The smallest absolute Gasteiger partial charge is 0.136 e. The van der Waals surface area contributed by atoms with Gasteiger partial charge in [0.1, 0.15) is 11.6 Å². The highest BCUT2D eigenvalue weighted by Crippen LogP contribution is 2.46. The van der Waals surface area contributed by atoms with Gasteiger partial charge in [-0.15, -0.1) is 0 Å². The van der Waals surface area contributed by atoms with Gasteiger partial charge in [0, 0.05) is 23.7 Å². The van der Waals surface area contributed by atoms with E-state index in [0.29, 0.717) is 5.92 Å². The minimum atomic E-state index is 0.246. The molecule has 1 aromatic heterocycles. The van der Waals surface area contributed by atoms with Gasteiger partial charge in [-0.25, -0.2) is 9.97 Å². The number of hydrogen-bond donors (Lipinski definition) is 1. The molecule has 1 aliphatic carbocycles. The molecule has 1 aliphatic rings. The van der Waals surface area contributed by atoms with Crippen LogP contribution in [0.15, 0.2) is 6.07 Å². The Labute approximate surface area is 110 Å². The first-order valence-electron chi connectivity index (χ1n) is 7.16. The molecular weight excluding hydrogens is 222 g/mol. The number of rotatable bonds is 6. The first-order valence-corrected chi connectivity index (χ1v) is 7.16. The lowest BCUT2D eigenvalue weighted by Crippen LogP contribution is -2.13. The van der Waals surface area contributed by atoms with Gasteiger partial charge < -0.3 is 5.32 Å². The van der Waals surface area contributed by atoms with Crippen molar-refractivity contribution in [3.63, 3.8) is 0 Å². The zero-order chi connectivity index (χ0) is 13.2. The summed E-state index contributed by atoms with van der Waals surface area (Å²) in [6, 6.07) is 2.12. The Kier molecular flexibility index (Phi) is 3.88. The fourth-order valence-corrected chi connectivity index (χ4v) is 2.04. The third kappa shape index (κ3) is 3.21. The Balaban J connectivity index is 2.23. The zero-order valence-corrected chi connectivity index (χ0v) is 12.1. The second kappa shape index (κ2) is 5.25. The largest absolute Gasteiger partial charge is 0.370 e. The second-order valence-corrected chi connectivity index (χ2v) is 6.15. The minimum Gasteiger partial charge on any atom is -0.370 e. The monoisotopic (exact) mass is 247 g/mol. The van der Waals surface area contributed by atoms with Gasteiger partial charge in [-0.05, 0) is 31.6 Å². The molecule has 1 aromatic rings. The quantitative estimate of drug-likeness (QED) is 0.835. The number of nitrogens with zero attached hydrogens (tertiary/aromatic N) is 2. The highest BCUT2D eigenvalue weighted by Gasteiger charge is 2.42. The van der Waals surface area contributed by atoms with Crippen molar-refractivity contribution < 1.29 is 0 Å². The van der Waals surface area contributed by atoms with Crippen molar-refractivity contribution in [2.45, 2.75) is 58.8 Å². The van der Waals surface area contributed by atoms with E-state index in [1.165, 1.54) is 18.5 Å². The highest BCUT2D eigenvalue weighted by atomic mass is 15.0.